The van der Waals surface area contributed by atoms with Crippen molar-refractivity contribution in [2.24, 2.45) is 0 Å². The summed E-state index contributed by atoms with van der Waals surface area (Å²) in [6.07, 6.45) is 0.250. The minimum absolute atomic E-state index is 0.111. The first-order valence-corrected chi connectivity index (χ1v) is 7.03. The van der Waals surface area contributed by atoms with E-state index in [1.165, 1.54) is 12.1 Å². The summed E-state index contributed by atoms with van der Waals surface area (Å²) in [5.74, 6) is -0.400. The molecule has 0 N–H and O–H groups in total. The molecule has 1 aromatic heterocycles. The Bertz CT molecular complexity index is 745. The maximum atomic E-state index is 13.1. The van der Waals surface area contributed by atoms with Crippen molar-refractivity contribution in [3.63, 3.8) is 0 Å². The Kier molecular flexibility index (Phi) is 5.14. The molecule has 22 heavy (non-hydrogen) atoms. The fraction of sp³-hybridized carbons (Fsp3) is 0.133. The molecule has 5 nitrogen and oxygen atoms in total. The average molecular weight is 365 g/mol. The Morgan fingerprint density at radius 1 is 1.27 bits per heavy atom. The first kappa shape index (κ1) is 16.0. The third-order valence-electron chi connectivity index (χ3n) is 3.06. The zero-order valence-corrected chi connectivity index (χ0v) is 12.8. The number of benzene rings is 1. The summed E-state index contributed by atoms with van der Waals surface area (Å²) in [6, 6.07) is 9.99. The zero-order chi connectivity index (χ0) is 16.1. The van der Waals surface area contributed by atoms with Gasteiger partial charge in [-0.15, -0.1) is 0 Å². The highest BCUT2D eigenvalue weighted by atomic mass is 79.9. The number of nitrogens with zero attached hydrogens (tertiary/aromatic N) is 2. The molecule has 0 atom stereocenters. The highest BCUT2D eigenvalue weighted by molar-refractivity contribution is 9.10. The zero-order valence-electron chi connectivity index (χ0n) is 11.3. The fourth-order valence-corrected chi connectivity index (χ4v) is 2.50. The van der Waals surface area contributed by atoms with E-state index in [1.807, 2.05) is 18.2 Å². The minimum atomic E-state index is -0.289. The summed E-state index contributed by atoms with van der Waals surface area (Å²) >= 11 is 3.26. The molecule has 0 radical (unpaired) electrons. The van der Waals surface area contributed by atoms with Crippen LogP contribution >= 0.6 is 15.9 Å². The predicted octanol–water partition coefficient (Wildman–Crippen LogP) is 2.56. The van der Waals surface area contributed by atoms with Crippen LogP contribution in [0.4, 0.5) is 4.39 Å². The lowest BCUT2D eigenvalue weighted by molar-refractivity contribution is -0.191. The molecule has 0 saturated carbocycles. The largest absolute Gasteiger partial charge is 0.373 e. The SMILES string of the molecule is O=C1c2nc(Br)ccc2CN1Cc1cccc(F)c1.O=C=O. The van der Waals surface area contributed by atoms with E-state index in [-0.39, 0.29) is 17.9 Å². The van der Waals surface area contributed by atoms with Gasteiger partial charge >= 0.3 is 6.15 Å². The number of rotatable bonds is 2. The number of hydrogen-bond donors (Lipinski definition) is 0. The second kappa shape index (κ2) is 7.06. The van der Waals surface area contributed by atoms with Crippen molar-refractivity contribution in [1.29, 1.82) is 0 Å². The van der Waals surface area contributed by atoms with Gasteiger partial charge in [-0.05, 0) is 39.7 Å². The van der Waals surface area contributed by atoms with Crippen LogP contribution in [0.5, 0.6) is 0 Å². The normalized spacial score (nSPS) is 12.3. The van der Waals surface area contributed by atoms with Gasteiger partial charge in [-0.3, -0.25) is 4.79 Å². The Morgan fingerprint density at radius 2 is 2.00 bits per heavy atom. The summed E-state index contributed by atoms with van der Waals surface area (Å²) in [7, 11) is 0. The Morgan fingerprint density at radius 3 is 2.68 bits per heavy atom. The molecule has 1 aliphatic rings. The standard InChI is InChI=1S/C14H10BrFN2O.CO2/c15-12-5-4-10-8-18(14(19)13(10)17-12)7-9-2-1-3-11(16)6-9;2-1-3/h1-6H,7-8H2;. The van der Waals surface area contributed by atoms with Gasteiger partial charge in [0.15, 0.2) is 0 Å². The van der Waals surface area contributed by atoms with Crippen molar-refractivity contribution < 1.29 is 18.8 Å². The van der Waals surface area contributed by atoms with Crippen LogP contribution in [0.1, 0.15) is 21.6 Å². The smallest absolute Gasteiger partial charge is 0.329 e. The van der Waals surface area contributed by atoms with Crippen molar-refractivity contribution in [2.75, 3.05) is 0 Å². The number of aromatic nitrogens is 1. The number of carbonyl (C=O) groups is 1. The molecule has 1 aliphatic heterocycles. The van der Waals surface area contributed by atoms with E-state index in [0.717, 1.165) is 11.1 Å². The number of halogens is 2. The summed E-state index contributed by atoms with van der Waals surface area (Å²) < 4.78 is 13.8. The number of amides is 1. The highest BCUT2D eigenvalue weighted by Gasteiger charge is 2.28. The van der Waals surface area contributed by atoms with Crippen LogP contribution in [-0.2, 0) is 22.7 Å². The molecular weight excluding hydrogens is 355 g/mol. The van der Waals surface area contributed by atoms with Gasteiger partial charge in [0.25, 0.3) is 5.91 Å². The molecule has 7 heteroatoms. The summed E-state index contributed by atoms with van der Waals surface area (Å²) in [5, 5.41) is 0. The van der Waals surface area contributed by atoms with Gasteiger partial charge in [0, 0.05) is 18.7 Å². The van der Waals surface area contributed by atoms with Gasteiger partial charge in [0.05, 0.1) is 0 Å². The molecular formula is C15H10BrFN2O3. The predicted molar refractivity (Wildman–Crippen MR) is 76.9 cm³/mol. The molecule has 0 saturated heterocycles. The molecule has 2 heterocycles. The van der Waals surface area contributed by atoms with E-state index in [4.69, 9.17) is 9.59 Å². The van der Waals surface area contributed by atoms with Crippen LogP contribution < -0.4 is 0 Å². The Balaban J connectivity index is 0.000000545. The van der Waals surface area contributed by atoms with Gasteiger partial charge < -0.3 is 4.90 Å². The number of fused-ring (bicyclic) bond motifs is 1. The molecule has 0 aliphatic carbocycles. The lowest BCUT2D eigenvalue weighted by atomic mass is 10.2. The van der Waals surface area contributed by atoms with Crippen molar-refractivity contribution in [1.82, 2.24) is 9.88 Å². The second-order valence-electron chi connectivity index (χ2n) is 4.52. The van der Waals surface area contributed by atoms with E-state index in [1.54, 1.807) is 11.0 Å². The molecule has 0 spiro atoms. The van der Waals surface area contributed by atoms with E-state index >= 15 is 0 Å². The molecule has 0 fully saturated rings. The van der Waals surface area contributed by atoms with E-state index < -0.39 is 0 Å². The van der Waals surface area contributed by atoms with E-state index in [0.29, 0.717) is 23.4 Å². The Hall–Kier alpha value is -2.37. The summed E-state index contributed by atoms with van der Waals surface area (Å²) in [4.78, 5) is 34.3. The number of carbonyl (C=O) groups excluding carboxylic acids is 3. The van der Waals surface area contributed by atoms with E-state index in [9.17, 15) is 9.18 Å². The topological polar surface area (TPSA) is 67.3 Å². The van der Waals surface area contributed by atoms with Crippen LogP contribution in [0, 0.1) is 5.82 Å². The monoisotopic (exact) mass is 364 g/mol. The van der Waals surface area contributed by atoms with Gasteiger partial charge in [-0.2, -0.15) is 9.59 Å². The van der Waals surface area contributed by atoms with E-state index in [2.05, 4.69) is 20.9 Å². The van der Waals surface area contributed by atoms with Crippen LogP contribution in [-0.4, -0.2) is 21.9 Å². The summed E-state index contributed by atoms with van der Waals surface area (Å²) in [6.45, 7) is 0.912. The maximum absolute atomic E-state index is 13.1. The van der Waals surface area contributed by atoms with Gasteiger partial charge in [0.1, 0.15) is 16.1 Å². The van der Waals surface area contributed by atoms with Crippen LogP contribution in [0.3, 0.4) is 0 Å². The third-order valence-corrected chi connectivity index (χ3v) is 3.50. The number of pyridine rings is 1. The lowest BCUT2D eigenvalue weighted by Crippen LogP contribution is -2.23. The van der Waals surface area contributed by atoms with Crippen molar-refractivity contribution in [2.45, 2.75) is 13.1 Å². The fourth-order valence-electron chi connectivity index (χ4n) is 2.19. The Labute approximate surface area is 133 Å². The molecule has 2 aromatic rings. The average Bonchev–Trinajstić information content (AvgIpc) is 2.77. The van der Waals surface area contributed by atoms with Crippen LogP contribution in [0.25, 0.3) is 0 Å². The van der Waals surface area contributed by atoms with Crippen LogP contribution in [0.2, 0.25) is 0 Å². The quantitative estimate of drug-likeness (QED) is 0.768. The molecule has 0 unspecified atom stereocenters. The van der Waals surface area contributed by atoms with Crippen molar-refractivity contribution in [3.05, 3.63) is 63.6 Å². The third kappa shape index (κ3) is 3.63. The number of hydrogen-bond acceptors (Lipinski definition) is 4. The molecule has 0 bridgehead atoms. The van der Waals surface area contributed by atoms with Gasteiger partial charge in [-0.1, -0.05) is 18.2 Å². The first-order chi connectivity index (χ1) is 10.5. The molecule has 1 amide bonds. The van der Waals surface area contributed by atoms with Crippen molar-refractivity contribution >= 4 is 28.0 Å². The minimum Gasteiger partial charge on any atom is -0.329 e. The van der Waals surface area contributed by atoms with Crippen molar-refractivity contribution in [3.8, 4) is 0 Å². The highest BCUT2D eigenvalue weighted by Crippen LogP contribution is 2.24. The maximum Gasteiger partial charge on any atom is 0.373 e. The van der Waals surface area contributed by atoms with Gasteiger partial charge in [-0.25, -0.2) is 9.37 Å². The lowest BCUT2D eigenvalue weighted by Gasteiger charge is -2.15. The molecule has 1 aromatic carbocycles. The molecule has 3 rings (SSSR count). The second-order valence-corrected chi connectivity index (χ2v) is 5.33. The first-order valence-electron chi connectivity index (χ1n) is 6.23. The van der Waals surface area contributed by atoms with Crippen LogP contribution in [0.15, 0.2) is 41.0 Å². The molecule has 112 valence electrons. The van der Waals surface area contributed by atoms with Gasteiger partial charge in [0.2, 0.25) is 0 Å². The summed E-state index contributed by atoms with van der Waals surface area (Å²) in [5.41, 5.74) is 2.16.